The predicted molar refractivity (Wildman–Crippen MR) is 74.1 cm³/mol. The second kappa shape index (κ2) is 6.29. The lowest BCUT2D eigenvalue weighted by atomic mass is 10.1. The van der Waals surface area contributed by atoms with E-state index in [9.17, 15) is 9.59 Å². The molecule has 1 amide bonds. The molecule has 0 bridgehead atoms. The SMILES string of the molecule is CC(Cc1ccsc1)NC(=O)Cn1cccnc1=O. The smallest absolute Gasteiger partial charge is 0.347 e. The zero-order chi connectivity index (χ0) is 13.7. The Morgan fingerprint density at radius 3 is 3.11 bits per heavy atom. The third-order valence-corrected chi connectivity index (χ3v) is 3.36. The van der Waals surface area contributed by atoms with Gasteiger partial charge in [-0.1, -0.05) is 0 Å². The average Bonchev–Trinajstić information content (AvgIpc) is 2.84. The fourth-order valence-electron chi connectivity index (χ4n) is 1.80. The van der Waals surface area contributed by atoms with Gasteiger partial charge in [0.15, 0.2) is 0 Å². The first kappa shape index (κ1) is 13.5. The van der Waals surface area contributed by atoms with Crippen LogP contribution in [0.1, 0.15) is 12.5 Å². The van der Waals surface area contributed by atoms with Crippen LogP contribution in [0.5, 0.6) is 0 Å². The molecule has 0 aliphatic rings. The summed E-state index contributed by atoms with van der Waals surface area (Å²) in [4.78, 5) is 26.8. The van der Waals surface area contributed by atoms with Gasteiger partial charge in [0.2, 0.25) is 5.91 Å². The lowest BCUT2D eigenvalue weighted by Gasteiger charge is -2.13. The molecule has 1 atom stereocenters. The average molecular weight is 277 g/mol. The Bertz CT molecular complexity index is 592. The Morgan fingerprint density at radius 1 is 1.58 bits per heavy atom. The molecular weight excluding hydrogens is 262 g/mol. The van der Waals surface area contributed by atoms with Gasteiger partial charge in [-0.2, -0.15) is 11.3 Å². The number of hydrogen-bond donors (Lipinski definition) is 1. The predicted octanol–water partition coefficient (Wildman–Crippen LogP) is 1.05. The molecule has 0 spiro atoms. The number of carbonyl (C=O) groups is 1. The van der Waals surface area contributed by atoms with Gasteiger partial charge in [0.25, 0.3) is 0 Å². The first-order valence-electron chi connectivity index (χ1n) is 5.97. The van der Waals surface area contributed by atoms with Crippen LogP contribution in [0.25, 0.3) is 0 Å². The first-order chi connectivity index (χ1) is 9.15. The standard InChI is InChI=1S/C13H15N3O2S/c1-10(7-11-3-6-19-9-11)15-12(17)8-16-5-2-4-14-13(16)18/h2-6,9-10H,7-8H2,1H3,(H,15,17). The molecule has 0 aliphatic heterocycles. The van der Waals surface area contributed by atoms with E-state index in [0.717, 1.165) is 6.42 Å². The highest BCUT2D eigenvalue weighted by Crippen LogP contribution is 2.08. The third-order valence-electron chi connectivity index (χ3n) is 2.63. The highest BCUT2D eigenvalue weighted by atomic mass is 32.1. The summed E-state index contributed by atoms with van der Waals surface area (Å²) in [6, 6.07) is 3.71. The summed E-state index contributed by atoms with van der Waals surface area (Å²) in [5.74, 6) is -0.183. The lowest BCUT2D eigenvalue weighted by Crippen LogP contribution is -2.38. The summed E-state index contributed by atoms with van der Waals surface area (Å²) in [7, 11) is 0. The fraction of sp³-hybridized carbons (Fsp3) is 0.308. The van der Waals surface area contributed by atoms with Crippen LogP contribution in [0.2, 0.25) is 0 Å². The molecule has 0 aliphatic carbocycles. The summed E-state index contributed by atoms with van der Waals surface area (Å²) >= 11 is 1.64. The Hall–Kier alpha value is -1.95. The van der Waals surface area contributed by atoms with E-state index < -0.39 is 5.69 Å². The van der Waals surface area contributed by atoms with Crippen molar-refractivity contribution in [3.8, 4) is 0 Å². The molecule has 2 aromatic heterocycles. The zero-order valence-corrected chi connectivity index (χ0v) is 11.4. The van der Waals surface area contributed by atoms with Crippen LogP contribution in [0.15, 0.2) is 40.1 Å². The fourth-order valence-corrected chi connectivity index (χ4v) is 2.48. The van der Waals surface area contributed by atoms with Crippen LogP contribution in [-0.4, -0.2) is 21.5 Å². The maximum Gasteiger partial charge on any atom is 0.347 e. The van der Waals surface area contributed by atoms with E-state index in [-0.39, 0.29) is 18.5 Å². The lowest BCUT2D eigenvalue weighted by molar-refractivity contribution is -0.122. The topological polar surface area (TPSA) is 64.0 Å². The molecule has 1 N–H and O–H groups in total. The Labute approximate surface area is 114 Å². The van der Waals surface area contributed by atoms with Gasteiger partial charge in [0.1, 0.15) is 6.54 Å². The van der Waals surface area contributed by atoms with Crippen molar-refractivity contribution in [3.63, 3.8) is 0 Å². The molecule has 2 rings (SSSR count). The molecule has 0 radical (unpaired) electrons. The maximum absolute atomic E-state index is 11.8. The molecule has 2 aromatic rings. The van der Waals surface area contributed by atoms with E-state index in [1.807, 2.05) is 18.4 Å². The highest BCUT2D eigenvalue weighted by Gasteiger charge is 2.09. The van der Waals surface area contributed by atoms with Crippen molar-refractivity contribution >= 4 is 17.2 Å². The molecule has 0 aromatic carbocycles. The summed E-state index contributed by atoms with van der Waals surface area (Å²) in [6.07, 6.45) is 3.76. The van der Waals surface area contributed by atoms with E-state index in [2.05, 4.69) is 15.7 Å². The van der Waals surface area contributed by atoms with Crippen molar-refractivity contribution in [1.29, 1.82) is 0 Å². The van der Waals surface area contributed by atoms with Crippen molar-refractivity contribution in [3.05, 3.63) is 51.3 Å². The maximum atomic E-state index is 11.8. The van der Waals surface area contributed by atoms with Crippen LogP contribution in [0.3, 0.4) is 0 Å². The monoisotopic (exact) mass is 277 g/mol. The molecule has 0 saturated heterocycles. The molecule has 5 nitrogen and oxygen atoms in total. The minimum absolute atomic E-state index is 0.000645. The van der Waals surface area contributed by atoms with Crippen LogP contribution in [0.4, 0.5) is 0 Å². The number of rotatable bonds is 5. The van der Waals surface area contributed by atoms with Gasteiger partial charge in [-0.3, -0.25) is 9.36 Å². The van der Waals surface area contributed by atoms with E-state index in [0.29, 0.717) is 0 Å². The first-order valence-corrected chi connectivity index (χ1v) is 6.91. The van der Waals surface area contributed by atoms with Crippen LogP contribution in [-0.2, 0) is 17.8 Å². The van der Waals surface area contributed by atoms with Gasteiger partial charge in [-0.05, 0) is 41.8 Å². The van der Waals surface area contributed by atoms with Crippen molar-refractivity contribution in [1.82, 2.24) is 14.9 Å². The van der Waals surface area contributed by atoms with Crippen molar-refractivity contribution < 1.29 is 4.79 Å². The molecule has 1 unspecified atom stereocenters. The molecular formula is C13H15N3O2S. The third kappa shape index (κ3) is 4.03. The van der Waals surface area contributed by atoms with Gasteiger partial charge >= 0.3 is 5.69 Å². The minimum Gasteiger partial charge on any atom is -0.352 e. The molecule has 2 heterocycles. The van der Waals surface area contributed by atoms with Gasteiger partial charge in [-0.25, -0.2) is 9.78 Å². The van der Waals surface area contributed by atoms with Crippen LogP contribution >= 0.6 is 11.3 Å². The largest absolute Gasteiger partial charge is 0.352 e. The summed E-state index contributed by atoms with van der Waals surface area (Å²) < 4.78 is 1.28. The van der Waals surface area contributed by atoms with Gasteiger partial charge in [0.05, 0.1) is 0 Å². The summed E-state index contributed by atoms with van der Waals surface area (Å²) in [6.45, 7) is 1.95. The van der Waals surface area contributed by atoms with Gasteiger partial charge < -0.3 is 5.32 Å². The van der Waals surface area contributed by atoms with Crippen molar-refractivity contribution in [2.45, 2.75) is 25.9 Å². The second-order valence-electron chi connectivity index (χ2n) is 4.33. The van der Waals surface area contributed by atoms with E-state index in [1.54, 1.807) is 23.6 Å². The number of thiophene rings is 1. The summed E-state index contributed by atoms with van der Waals surface area (Å²) in [5, 5.41) is 6.95. The van der Waals surface area contributed by atoms with Crippen LogP contribution in [0, 0.1) is 0 Å². The summed E-state index contributed by atoms with van der Waals surface area (Å²) in [5.41, 5.74) is 0.791. The zero-order valence-electron chi connectivity index (χ0n) is 10.6. The van der Waals surface area contributed by atoms with E-state index >= 15 is 0 Å². The number of amides is 1. The number of hydrogen-bond acceptors (Lipinski definition) is 4. The van der Waals surface area contributed by atoms with Crippen molar-refractivity contribution in [2.75, 3.05) is 0 Å². The van der Waals surface area contributed by atoms with Crippen LogP contribution < -0.4 is 11.0 Å². The Kier molecular flexibility index (Phi) is 4.46. The number of aromatic nitrogens is 2. The minimum atomic E-state index is -0.414. The molecule has 100 valence electrons. The second-order valence-corrected chi connectivity index (χ2v) is 5.11. The molecule has 0 fully saturated rings. The van der Waals surface area contributed by atoms with Gasteiger partial charge in [-0.15, -0.1) is 0 Å². The Balaban J connectivity index is 1.87. The highest BCUT2D eigenvalue weighted by molar-refractivity contribution is 7.07. The molecule has 0 saturated carbocycles. The van der Waals surface area contributed by atoms with Gasteiger partial charge in [0, 0.05) is 18.4 Å². The number of nitrogens with one attached hydrogen (secondary N) is 1. The number of nitrogens with zero attached hydrogens (tertiary/aromatic N) is 2. The Morgan fingerprint density at radius 2 is 2.42 bits per heavy atom. The molecule has 6 heteroatoms. The van der Waals surface area contributed by atoms with E-state index in [1.165, 1.54) is 16.3 Å². The quantitative estimate of drug-likeness (QED) is 0.888. The molecule has 19 heavy (non-hydrogen) atoms. The van der Waals surface area contributed by atoms with Crippen molar-refractivity contribution in [2.24, 2.45) is 0 Å². The van der Waals surface area contributed by atoms with E-state index in [4.69, 9.17) is 0 Å². The number of carbonyl (C=O) groups excluding carboxylic acids is 1. The normalized spacial score (nSPS) is 12.1.